The molecule has 24 heavy (non-hydrogen) atoms. The molecule has 0 radical (unpaired) electrons. The number of fused-ring (bicyclic) bond motifs is 2. The number of amides is 1. The maximum atomic E-state index is 13.0. The molecular formula is C15H14ClN5O2S. The molecule has 1 fully saturated rings. The SMILES string of the molecule is O=C1NC2(CCSCC2)n2c1c(Cl)cc(Nc1ccncn1)c2=O. The predicted octanol–water partition coefficient (Wildman–Crippen LogP) is 1.96. The van der Waals surface area contributed by atoms with Gasteiger partial charge in [-0.1, -0.05) is 11.6 Å². The smallest absolute Gasteiger partial charge is 0.276 e. The third-order valence-electron chi connectivity index (χ3n) is 4.31. The van der Waals surface area contributed by atoms with Gasteiger partial charge in [0.1, 0.15) is 29.2 Å². The molecule has 2 N–H and O–H groups in total. The monoisotopic (exact) mass is 363 g/mol. The lowest BCUT2D eigenvalue weighted by atomic mass is 10.0. The fourth-order valence-electron chi connectivity index (χ4n) is 3.18. The van der Waals surface area contributed by atoms with Gasteiger partial charge in [0.05, 0.1) is 5.02 Å². The zero-order chi connectivity index (χ0) is 16.7. The van der Waals surface area contributed by atoms with E-state index in [2.05, 4.69) is 20.6 Å². The van der Waals surface area contributed by atoms with E-state index in [1.54, 1.807) is 12.3 Å². The molecular weight excluding hydrogens is 350 g/mol. The molecule has 4 heterocycles. The van der Waals surface area contributed by atoms with Crippen molar-refractivity contribution in [2.24, 2.45) is 0 Å². The molecule has 1 spiro atoms. The van der Waals surface area contributed by atoms with Crippen LogP contribution in [-0.2, 0) is 5.66 Å². The van der Waals surface area contributed by atoms with E-state index >= 15 is 0 Å². The number of pyridine rings is 1. The quantitative estimate of drug-likeness (QED) is 0.847. The molecule has 0 saturated carbocycles. The summed E-state index contributed by atoms with van der Waals surface area (Å²) in [7, 11) is 0. The Hall–Kier alpha value is -2.06. The van der Waals surface area contributed by atoms with E-state index in [9.17, 15) is 9.59 Å². The van der Waals surface area contributed by atoms with Crippen LogP contribution in [0.15, 0.2) is 29.5 Å². The molecule has 2 aliphatic rings. The number of aromatic nitrogens is 3. The number of rotatable bonds is 2. The highest BCUT2D eigenvalue weighted by molar-refractivity contribution is 7.99. The van der Waals surface area contributed by atoms with Gasteiger partial charge >= 0.3 is 0 Å². The normalized spacial score (nSPS) is 18.3. The second-order valence-electron chi connectivity index (χ2n) is 5.71. The highest BCUT2D eigenvalue weighted by atomic mass is 35.5. The molecule has 0 aromatic carbocycles. The highest BCUT2D eigenvalue weighted by Gasteiger charge is 2.45. The summed E-state index contributed by atoms with van der Waals surface area (Å²) in [5, 5.41) is 6.20. The third-order valence-corrected chi connectivity index (χ3v) is 5.58. The summed E-state index contributed by atoms with van der Waals surface area (Å²) in [6.07, 6.45) is 4.36. The minimum Gasteiger partial charge on any atom is -0.336 e. The fraction of sp³-hybridized carbons (Fsp3) is 0.333. The topological polar surface area (TPSA) is 88.9 Å². The van der Waals surface area contributed by atoms with E-state index < -0.39 is 5.66 Å². The van der Waals surface area contributed by atoms with Gasteiger partial charge in [-0.15, -0.1) is 0 Å². The first-order chi connectivity index (χ1) is 11.6. The minimum absolute atomic E-state index is 0.238. The van der Waals surface area contributed by atoms with Crippen LogP contribution < -0.4 is 16.2 Å². The summed E-state index contributed by atoms with van der Waals surface area (Å²) in [5.74, 6) is 1.96. The first-order valence-corrected chi connectivity index (χ1v) is 9.03. The first-order valence-electron chi connectivity index (χ1n) is 7.50. The molecule has 0 aliphatic carbocycles. The lowest BCUT2D eigenvalue weighted by Gasteiger charge is -2.35. The minimum atomic E-state index is -0.679. The van der Waals surface area contributed by atoms with Crippen molar-refractivity contribution < 1.29 is 4.79 Å². The number of nitrogens with one attached hydrogen (secondary N) is 2. The number of carbonyl (C=O) groups is 1. The van der Waals surface area contributed by atoms with Gasteiger partial charge < -0.3 is 10.6 Å². The largest absolute Gasteiger partial charge is 0.336 e. The lowest BCUT2D eigenvalue weighted by Crippen LogP contribution is -2.49. The molecule has 2 aliphatic heterocycles. The average Bonchev–Trinajstić information content (AvgIpc) is 2.86. The van der Waals surface area contributed by atoms with Crippen molar-refractivity contribution in [3.8, 4) is 0 Å². The van der Waals surface area contributed by atoms with Crippen molar-refractivity contribution in [1.82, 2.24) is 19.9 Å². The van der Waals surface area contributed by atoms with Crippen molar-refractivity contribution in [1.29, 1.82) is 0 Å². The summed E-state index contributed by atoms with van der Waals surface area (Å²) in [6, 6.07) is 3.13. The van der Waals surface area contributed by atoms with Gasteiger partial charge in [-0.3, -0.25) is 14.2 Å². The van der Waals surface area contributed by atoms with Crippen LogP contribution in [0.25, 0.3) is 0 Å². The molecule has 1 amide bonds. The van der Waals surface area contributed by atoms with E-state index in [0.29, 0.717) is 18.7 Å². The number of nitrogens with zero attached hydrogens (tertiary/aromatic N) is 3. The first kappa shape index (κ1) is 15.5. The van der Waals surface area contributed by atoms with Crippen molar-refractivity contribution in [3.63, 3.8) is 0 Å². The Morgan fingerprint density at radius 3 is 2.83 bits per heavy atom. The number of hydrogen-bond donors (Lipinski definition) is 2. The molecule has 0 atom stereocenters. The van der Waals surface area contributed by atoms with Gasteiger partial charge in [-0.05, 0) is 36.5 Å². The fourth-order valence-corrected chi connectivity index (χ4v) is 4.63. The standard InChI is InChI=1S/C15H14ClN5O2S/c16-9-7-10(19-11-1-4-17-8-18-11)14(23)21-12(9)13(22)20-15(21)2-5-24-6-3-15/h1,4,7-8H,2-3,5-6H2,(H,20,22)(H,17,18,19). The van der Waals surface area contributed by atoms with E-state index in [4.69, 9.17) is 11.6 Å². The third kappa shape index (κ3) is 2.37. The van der Waals surface area contributed by atoms with Crippen LogP contribution in [0.3, 0.4) is 0 Å². The molecule has 2 aromatic heterocycles. The zero-order valence-corrected chi connectivity index (χ0v) is 14.2. The summed E-state index contributed by atoms with van der Waals surface area (Å²) < 4.78 is 1.53. The van der Waals surface area contributed by atoms with Crippen molar-refractivity contribution in [3.05, 3.63) is 45.7 Å². The van der Waals surface area contributed by atoms with E-state index in [0.717, 1.165) is 11.5 Å². The summed E-state index contributed by atoms with van der Waals surface area (Å²) in [5.41, 5.74) is -0.432. The van der Waals surface area contributed by atoms with Gasteiger partial charge in [0.25, 0.3) is 11.5 Å². The second kappa shape index (κ2) is 5.78. The van der Waals surface area contributed by atoms with Crippen LogP contribution in [0.2, 0.25) is 5.02 Å². The van der Waals surface area contributed by atoms with Gasteiger partial charge in [0.2, 0.25) is 0 Å². The van der Waals surface area contributed by atoms with E-state index in [1.807, 2.05) is 11.8 Å². The molecule has 2 aromatic rings. The Balaban J connectivity index is 1.85. The van der Waals surface area contributed by atoms with Crippen molar-refractivity contribution in [2.75, 3.05) is 16.8 Å². The maximum Gasteiger partial charge on any atom is 0.276 e. The van der Waals surface area contributed by atoms with E-state index in [-0.39, 0.29) is 27.9 Å². The van der Waals surface area contributed by atoms with Gasteiger partial charge in [0, 0.05) is 6.20 Å². The molecule has 1 saturated heterocycles. The number of thioether (sulfide) groups is 1. The Bertz CT molecular complexity index is 864. The van der Waals surface area contributed by atoms with E-state index in [1.165, 1.54) is 17.0 Å². The molecule has 4 rings (SSSR count). The summed E-state index contributed by atoms with van der Waals surface area (Å²) in [6.45, 7) is 0. The zero-order valence-electron chi connectivity index (χ0n) is 12.6. The summed E-state index contributed by atoms with van der Waals surface area (Å²) in [4.78, 5) is 33.3. The van der Waals surface area contributed by atoms with Crippen molar-refractivity contribution >= 4 is 40.8 Å². The average molecular weight is 364 g/mol. The van der Waals surface area contributed by atoms with Crippen LogP contribution in [0.5, 0.6) is 0 Å². The Kier molecular flexibility index (Phi) is 3.73. The molecule has 0 unspecified atom stereocenters. The predicted molar refractivity (Wildman–Crippen MR) is 93.0 cm³/mol. The highest BCUT2D eigenvalue weighted by Crippen LogP contribution is 2.37. The van der Waals surface area contributed by atoms with Crippen LogP contribution in [0.4, 0.5) is 11.5 Å². The van der Waals surface area contributed by atoms with Gasteiger partial charge in [-0.25, -0.2) is 9.97 Å². The number of anilines is 2. The Morgan fingerprint density at radius 1 is 1.33 bits per heavy atom. The van der Waals surface area contributed by atoms with Crippen LogP contribution in [0, 0.1) is 0 Å². The van der Waals surface area contributed by atoms with Crippen LogP contribution in [-0.4, -0.2) is 31.9 Å². The summed E-state index contributed by atoms with van der Waals surface area (Å²) >= 11 is 8.13. The molecule has 7 nitrogen and oxygen atoms in total. The molecule has 124 valence electrons. The van der Waals surface area contributed by atoms with Gasteiger partial charge in [0.15, 0.2) is 0 Å². The number of hydrogen-bond acceptors (Lipinski definition) is 6. The van der Waals surface area contributed by atoms with Gasteiger partial charge in [-0.2, -0.15) is 11.8 Å². The molecule has 9 heteroatoms. The lowest BCUT2D eigenvalue weighted by molar-refractivity contribution is 0.0910. The van der Waals surface area contributed by atoms with Crippen LogP contribution in [0.1, 0.15) is 23.3 Å². The van der Waals surface area contributed by atoms with Crippen molar-refractivity contribution in [2.45, 2.75) is 18.5 Å². The Morgan fingerprint density at radius 2 is 2.12 bits per heavy atom. The maximum absolute atomic E-state index is 13.0. The number of carbonyl (C=O) groups excluding carboxylic acids is 1. The molecule has 0 bridgehead atoms. The Labute approximate surface area is 146 Å². The second-order valence-corrected chi connectivity index (χ2v) is 7.34. The van der Waals surface area contributed by atoms with Crippen LogP contribution >= 0.6 is 23.4 Å². The number of halogens is 1.